The Morgan fingerprint density at radius 1 is 1.31 bits per heavy atom. The van der Waals surface area contributed by atoms with E-state index in [1.165, 1.54) is 5.56 Å². The Kier molecular flexibility index (Phi) is 3.38. The molecule has 1 aromatic carbocycles. The van der Waals surface area contributed by atoms with Crippen LogP contribution in [0.3, 0.4) is 0 Å². The van der Waals surface area contributed by atoms with Crippen molar-refractivity contribution in [3.8, 4) is 5.88 Å². The average Bonchev–Trinajstić information content (AvgIpc) is 2.78. The highest BCUT2D eigenvalue weighted by molar-refractivity contribution is 5.48. The molecule has 2 rings (SSSR count). The summed E-state index contributed by atoms with van der Waals surface area (Å²) in [7, 11) is 1.65. The van der Waals surface area contributed by atoms with Gasteiger partial charge in [-0.25, -0.2) is 4.98 Å². The van der Waals surface area contributed by atoms with E-state index in [9.17, 15) is 0 Å². The van der Waals surface area contributed by atoms with Crippen molar-refractivity contribution >= 4 is 6.08 Å². The lowest BCUT2D eigenvalue weighted by Gasteiger charge is -2.02. The molecular formula is C13H14N2O. The number of hydrogen-bond donors (Lipinski definition) is 0. The van der Waals surface area contributed by atoms with Crippen LogP contribution >= 0.6 is 0 Å². The van der Waals surface area contributed by atoms with Gasteiger partial charge in [-0.2, -0.15) is 0 Å². The summed E-state index contributed by atoms with van der Waals surface area (Å²) in [6, 6.07) is 10.2. The molecule has 0 aliphatic carbocycles. The first-order chi connectivity index (χ1) is 7.90. The molecule has 0 bridgehead atoms. The molecule has 0 N–H and O–H groups in total. The van der Waals surface area contributed by atoms with Gasteiger partial charge < -0.3 is 4.74 Å². The van der Waals surface area contributed by atoms with E-state index < -0.39 is 0 Å². The van der Waals surface area contributed by atoms with Crippen molar-refractivity contribution in [1.29, 1.82) is 0 Å². The number of rotatable bonds is 4. The highest BCUT2D eigenvalue weighted by Gasteiger charge is 1.97. The maximum Gasteiger partial charge on any atom is 0.213 e. The van der Waals surface area contributed by atoms with Gasteiger partial charge in [-0.05, 0) is 5.56 Å². The molecule has 3 nitrogen and oxygen atoms in total. The Hall–Kier alpha value is -2.03. The number of allylic oxidation sites excluding steroid dienone is 1. The molecule has 1 aromatic heterocycles. The maximum absolute atomic E-state index is 5.15. The van der Waals surface area contributed by atoms with Crippen molar-refractivity contribution in [1.82, 2.24) is 9.55 Å². The SMILES string of the molecule is COc1cncn1C/C=C/c1ccccc1. The van der Waals surface area contributed by atoms with Crippen molar-refractivity contribution in [3.05, 3.63) is 54.5 Å². The van der Waals surface area contributed by atoms with Gasteiger partial charge in [-0.15, -0.1) is 0 Å². The summed E-state index contributed by atoms with van der Waals surface area (Å²) in [5, 5.41) is 0. The first-order valence-corrected chi connectivity index (χ1v) is 5.16. The van der Waals surface area contributed by atoms with Crippen molar-refractivity contribution in [2.75, 3.05) is 7.11 Å². The van der Waals surface area contributed by atoms with E-state index >= 15 is 0 Å². The average molecular weight is 214 g/mol. The standard InChI is InChI=1S/C13H14N2O/c1-16-13-10-14-11-15(13)9-5-8-12-6-3-2-4-7-12/h2-8,10-11H,9H2,1H3/b8-5+. The van der Waals surface area contributed by atoms with Crippen molar-refractivity contribution in [2.45, 2.75) is 6.54 Å². The molecule has 0 spiro atoms. The summed E-state index contributed by atoms with van der Waals surface area (Å²) in [5.74, 6) is 0.776. The third-order valence-electron chi connectivity index (χ3n) is 2.30. The first kappa shape index (κ1) is 10.5. The molecule has 1 heterocycles. The fourth-order valence-corrected chi connectivity index (χ4v) is 1.48. The van der Waals surface area contributed by atoms with Gasteiger partial charge in [-0.3, -0.25) is 4.57 Å². The Bertz CT molecular complexity index is 460. The number of benzene rings is 1. The molecule has 16 heavy (non-hydrogen) atoms. The monoisotopic (exact) mass is 214 g/mol. The van der Waals surface area contributed by atoms with Crippen LogP contribution in [-0.2, 0) is 6.54 Å². The topological polar surface area (TPSA) is 27.1 Å². The van der Waals surface area contributed by atoms with Crippen LogP contribution < -0.4 is 4.74 Å². The van der Waals surface area contributed by atoms with Crippen LogP contribution in [0.4, 0.5) is 0 Å². The summed E-state index contributed by atoms with van der Waals surface area (Å²) in [5.41, 5.74) is 1.20. The minimum atomic E-state index is 0.762. The van der Waals surface area contributed by atoms with Gasteiger partial charge in [0.05, 0.1) is 19.6 Å². The molecule has 0 atom stereocenters. The van der Waals surface area contributed by atoms with Crippen LogP contribution in [0.1, 0.15) is 5.56 Å². The second-order valence-corrected chi connectivity index (χ2v) is 3.40. The highest BCUT2D eigenvalue weighted by Crippen LogP contribution is 2.09. The van der Waals surface area contributed by atoms with Crippen molar-refractivity contribution < 1.29 is 4.74 Å². The molecule has 0 radical (unpaired) electrons. The molecule has 0 unspecified atom stereocenters. The van der Waals surface area contributed by atoms with Crippen molar-refractivity contribution in [2.24, 2.45) is 0 Å². The van der Waals surface area contributed by atoms with Gasteiger partial charge in [-0.1, -0.05) is 42.5 Å². The Morgan fingerprint density at radius 2 is 2.12 bits per heavy atom. The second kappa shape index (κ2) is 5.16. The van der Waals surface area contributed by atoms with E-state index in [1.54, 1.807) is 19.6 Å². The molecule has 0 saturated carbocycles. The van der Waals surface area contributed by atoms with E-state index in [1.807, 2.05) is 22.8 Å². The van der Waals surface area contributed by atoms with Gasteiger partial charge in [0.1, 0.15) is 0 Å². The summed E-state index contributed by atoms with van der Waals surface area (Å²) in [6.07, 6.45) is 7.63. The normalized spacial score (nSPS) is 10.8. The predicted molar refractivity (Wildman–Crippen MR) is 64.3 cm³/mol. The largest absolute Gasteiger partial charge is 0.481 e. The van der Waals surface area contributed by atoms with Gasteiger partial charge in [0.25, 0.3) is 0 Å². The molecule has 3 heteroatoms. The number of methoxy groups -OCH3 is 1. The lowest BCUT2D eigenvalue weighted by Crippen LogP contribution is -1.96. The highest BCUT2D eigenvalue weighted by atomic mass is 16.5. The molecule has 82 valence electrons. The minimum Gasteiger partial charge on any atom is -0.481 e. The zero-order valence-electron chi connectivity index (χ0n) is 9.21. The summed E-state index contributed by atoms with van der Waals surface area (Å²) >= 11 is 0. The van der Waals surface area contributed by atoms with Gasteiger partial charge in [0.15, 0.2) is 0 Å². The Balaban J connectivity index is 2.00. The smallest absolute Gasteiger partial charge is 0.213 e. The Morgan fingerprint density at radius 3 is 2.88 bits per heavy atom. The summed E-state index contributed by atoms with van der Waals surface area (Å²) in [6.45, 7) is 0.762. The molecule has 2 aromatic rings. The number of imidazole rings is 1. The summed E-state index contributed by atoms with van der Waals surface area (Å²) in [4.78, 5) is 4.02. The first-order valence-electron chi connectivity index (χ1n) is 5.16. The molecule has 0 saturated heterocycles. The molecule has 0 amide bonds. The van der Waals surface area contributed by atoms with Gasteiger partial charge in [0.2, 0.25) is 5.88 Å². The maximum atomic E-state index is 5.15. The van der Waals surface area contributed by atoms with E-state index in [-0.39, 0.29) is 0 Å². The number of hydrogen-bond acceptors (Lipinski definition) is 2. The molecule has 0 aliphatic heterocycles. The van der Waals surface area contributed by atoms with Crippen LogP contribution in [0.15, 0.2) is 48.9 Å². The molecule has 0 aliphatic rings. The van der Waals surface area contributed by atoms with Crippen LogP contribution in [0, 0.1) is 0 Å². The number of aromatic nitrogens is 2. The minimum absolute atomic E-state index is 0.762. The van der Waals surface area contributed by atoms with Crippen LogP contribution in [0.5, 0.6) is 5.88 Å². The van der Waals surface area contributed by atoms with Gasteiger partial charge >= 0.3 is 0 Å². The predicted octanol–water partition coefficient (Wildman–Crippen LogP) is 2.61. The van der Waals surface area contributed by atoms with Crippen molar-refractivity contribution in [3.63, 3.8) is 0 Å². The lowest BCUT2D eigenvalue weighted by molar-refractivity contribution is 0.378. The molecular weight excluding hydrogens is 200 g/mol. The molecule has 0 fully saturated rings. The zero-order chi connectivity index (χ0) is 11.2. The summed E-state index contributed by atoms with van der Waals surface area (Å²) < 4.78 is 7.10. The van der Waals surface area contributed by atoms with Crippen LogP contribution in [-0.4, -0.2) is 16.7 Å². The van der Waals surface area contributed by atoms with Gasteiger partial charge in [0, 0.05) is 6.54 Å². The Labute approximate surface area is 95.0 Å². The van der Waals surface area contributed by atoms with E-state index in [0.29, 0.717) is 0 Å². The van der Waals surface area contributed by atoms with Crippen LogP contribution in [0.25, 0.3) is 6.08 Å². The fourth-order valence-electron chi connectivity index (χ4n) is 1.48. The number of ether oxygens (including phenoxy) is 1. The lowest BCUT2D eigenvalue weighted by atomic mass is 10.2. The third kappa shape index (κ3) is 2.51. The quantitative estimate of drug-likeness (QED) is 0.782. The second-order valence-electron chi connectivity index (χ2n) is 3.40. The number of nitrogens with zero attached hydrogens (tertiary/aromatic N) is 2. The fraction of sp³-hybridized carbons (Fsp3) is 0.154. The zero-order valence-corrected chi connectivity index (χ0v) is 9.21. The third-order valence-corrected chi connectivity index (χ3v) is 2.30. The van der Waals surface area contributed by atoms with E-state index in [2.05, 4.69) is 29.3 Å². The van der Waals surface area contributed by atoms with E-state index in [4.69, 9.17) is 4.74 Å². The van der Waals surface area contributed by atoms with Crippen LogP contribution in [0.2, 0.25) is 0 Å². The van der Waals surface area contributed by atoms with E-state index in [0.717, 1.165) is 12.4 Å².